The van der Waals surface area contributed by atoms with E-state index in [0.29, 0.717) is 0 Å². The van der Waals surface area contributed by atoms with Gasteiger partial charge in [0.25, 0.3) is 11.4 Å². The number of hydrogen-bond donors (Lipinski definition) is 0. The Bertz CT molecular complexity index is 965. The van der Waals surface area contributed by atoms with Gasteiger partial charge in [0.15, 0.2) is 11.5 Å². The van der Waals surface area contributed by atoms with Gasteiger partial charge in [0, 0.05) is 11.6 Å². The molecule has 2 rings (SSSR count). The number of nitrogens with zero attached hydrogens (tertiary/aromatic N) is 2. The van der Waals surface area contributed by atoms with Crippen LogP contribution in [0.4, 0.5) is 20.2 Å². The topological polar surface area (TPSA) is 131 Å². The molecule has 0 aliphatic heterocycles. The molecular weight excluding hydrogens is 398 g/mol. The molecule has 0 aliphatic carbocycles. The Kier molecular flexibility index (Phi) is 6.59. The highest BCUT2D eigenvalue weighted by Gasteiger charge is 2.24. The highest BCUT2D eigenvalue weighted by atomic mass is 19.3. The maximum Gasteiger partial charge on any atom is 0.387 e. The van der Waals surface area contributed by atoms with Crippen LogP contribution in [0.1, 0.15) is 21.5 Å². The van der Waals surface area contributed by atoms with E-state index < -0.39 is 40.5 Å². The number of halogens is 2. The highest BCUT2D eigenvalue weighted by molar-refractivity contribution is 5.92. The van der Waals surface area contributed by atoms with E-state index in [1.165, 1.54) is 25.1 Å². The van der Waals surface area contributed by atoms with Crippen LogP contribution in [0.15, 0.2) is 30.3 Å². The number of hydrogen-bond acceptors (Lipinski definition) is 8. The summed E-state index contributed by atoms with van der Waals surface area (Å²) in [5.74, 6) is -1.74. The van der Waals surface area contributed by atoms with E-state index in [1.807, 2.05) is 0 Å². The number of esters is 1. The molecule has 0 atom stereocenters. The molecule has 0 radical (unpaired) electrons. The van der Waals surface area contributed by atoms with E-state index in [4.69, 9.17) is 9.47 Å². The standard InChI is InChI=1S/C17H14F2N2O8/c1-9-11(4-3-5-12(9)20(23)24)16(22)28-8-10-6-14(27-2)15(29-17(18)19)7-13(10)21(25)26/h3-7,17H,8H2,1-2H3. The summed E-state index contributed by atoms with van der Waals surface area (Å²) in [6.07, 6.45) is 0. The van der Waals surface area contributed by atoms with E-state index in [9.17, 15) is 33.8 Å². The quantitative estimate of drug-likeness (QED) is 0.364. The number of nitro groups is 2. The van der Waals surface area contributed by atoms with Crippen LogP contribution in [0.2, 0.25) is 0 Å². The first-order chi connectivity index (χ1) is 13.6. The molecule has 0 fully saturated rings. The number of nitro benzene ring substituents is 2. The maximum absolute atomic E-state index is 12.5. The number of carbonyl (C=O) groups is 1. The van der Waals surface area contributed by atoms with Gasteiger partial charge >= 0.3 is 12.6 Å². The third kappa shape index (κ3) is 4.91. The van der Waals surface area contributed by atoms with Gasteiger partial charge in [-0.25, -0.2) is 4.79 Å². The SMILES string of the molecule is COc1cc(COC(=O)c2cccc([N+](=O)[O-])c2C)c([N+](=O)[O-])cc1OC(F)F. The summed E-state index contributed by atoms with van der Waals surface area (Å²) in [5.41, 5.74) is -1.10. The lowest BCUT2D eigenvalue weighted by Gasteiger charge is -2.13. The normalized spacial score (nSPS) is 10.5. The van der Waals surface area contributed by atoms with Crippen molar-refractivity contribution in [1.82, 2.24) is 0 Å². The molecule has 0 unspecified atom stereocenters. The molecule has 2 aromatic carbocycles. The van der Waals surface area contributed by atoms with Crippen LogP contribution in [0.3, 0.4) is 0 Å². The van der Waals surface area contributed by atoms with Crippen molar-refractivity contribution in [3.05, 3.63) is 67.3 Å². The first-order valence-electron chi connectivity index (χ1n) is 7.87. The van der Waals surface area contributed by atoms with Crippen LogP contribution in [0.5, 0.6) is 11.5 Å². The smallest absolute Gasteiger partial charge is 0.387 e. The van der Waals surface area contributed by atoms with Gasteiger partial charge in [0.1, 0.15) is 6.61 Å². The minimum absolute atomic E-state index is 0.0651. The second-order valence-corrected chi connectivity index (χ2v) is 5.55. The van der Waals surface area contributed by atoms with Gasteiger partial charge in [0.2, 0.25) is 0 Å². The Morgan fingerprint density at radius 1 is 1.10 bits per heavy atom. The molecule has 0 bridgehead atoms. The fourth-order valence-corrected chi connectivity index (χ4v) is 2.49. The van der Waals surface area contributed by atoms with E-state index in [-0.39, 0.29) is 28.1 Å². The first-order valence-corrected chi connectivity index (χ1v) is 7.87. The zero-order valence-electron chi connectivity index (χ0n) is 15.1. The molecule has 0 aliphatic rings. The summed E-state index contributed by atoms with van der Waals surface area (Å²) in [6.45, 7) is -2.48. The van der Waals surface area contributed by atoms with Gasteiger partial charge in [0.05, 0.1) is 34.1 Å². The van der Waals surface area contributed by atoms with E-state index in [1.54, 1.807) is 0 Å². The second-order valence-electron chi connectivity index (χ2n) is 5.55. The van der Waals surface area contributed by atoms with Gasteiger partial charge < -0.3 is 14.2 Å². The Hall–Kier alpha value is -3.83. The number of rotatable bonds is 8. The van der Waals surface area contributed by atoms with E-state index >= 15 is 0 Å². The molecule has 29 heavy (non-hydrogen) atoms. The lowest BCUT2D eigenvalue weighted by molar-refractivity contribution is -0.386. The summed E-state index contributed by atoms with van der Waals surface area (Å²) in [6, 6.07) is 5.57. The predicted octanol–water partition coefficient (Wildman–Crippen LogP) is 3.78. The summed E-state index contributed by atoms with van der Waals surface area (Å²) >= 11 is 0. The molecule has 0 saturated heterocycles. The Balaban J connectivity index is 2.32. The molecule has 12 heteroatoms. The van der Waals surface area contributed by atoms with Crippen LogP contribution < -0.4 is 9.47 Å². The number of methoxy groups -OCH3 is 1. The van der Waals surface area contributed by atoms with Crippen molar-refractivity contribution < 1.29 is 37.6 Å². The van der Waals surface area contributed by atoms with Gasteiger partial charge in [-0.1, -0.05) is 6.07 Å². The molecule has 154 valence electrons. The number of benzene rings is 2. The predicted molar refractivity (Wildman–Crippen MR) is 93.2 cm³/mol. The van der Waals surface area contributed by atoms with Crippen molar-refractivity contribution in [1.29, 1.82) is 0 Å². The molecule has 0 saturated carbocycles. The number of carbonyl (C=O) groups excluding carboxylic acids is 1. The van der Waals surface area contributed by atoms with Crippen molar-refractivity contribution in [2.24, 2.45) is 0 Å². The van der Waals surface area contributed by atoms with Crippen LogP contribution in [0.25, 0.3) is 0 Å². The monoisotopic (exact) mass is 412 g/mol. The van der Waals surface area contributed by atoms with Crippen LogP contribution >= 0.6 is 0 Å². The molecule has 0 N–H and O–H groups in total. The molecule has 0 heterocycles. The average molecular weight is 412 g/mol. The minimum Gasteiger partial charge on any atom is -0.493 e. The molecule has 0 spiro atoms. The minimum atomic E-state index is -3.23. The Morgan fingerprint density at radius 3 is 2.31 bits per heavy atom. The Labute approximate surface area is 161 Å². The van der Waals surface area contributed by atoms with Crippen molar-refractivity contribution in [2.75, 3.05) is 7.11 Å². The highest BCUT2D eigenvalue weighted by Crippen LogP contribution is 2.36. The largest absolute Gasteiger partial charge is 0.493 e. The lowest BCUT2D eigenvalue weighted by atomic mass is 10.1. The zero-order chi connectivity index (χ0) is 21.7. The zero-order valence-corrected chi connectivity index (χ0v) is 15.1. The maximum atomic E-state index is 12.5. The molecular formula is C17H14F2N2O8. The van der Waals surface area contributed by atoms with Crippen molar-refractivity contribution >= 4 is 17.3 Å². The third-order valence-corrected chi connectivity index (χ3v) is 3.86. The summed E-state index contributed by atoms with van der Waals surface area (Å²) in [4.78, 5) is 33.0. The molecule has 0 aromatic heterocycles. The fraction of sp³-hybridized carbons (Fsp3) is 0.235. The van der Waals surface area contributed by atoms with Gasteiger partial charge in [-0.3, -0.25) is 20.2 Å². The summed E-state index contributed by atoms with van der Waals surface area (Å²) in [5, 5.41) is 22.2. The van der Waals surface area contributed by atoms with Crippen LogP contribution in [-0.4, -0.2) is 29.5 Å². The first kappa shape index (κ1) is 21.5. The second kappa shape index (κ2) is 8.91. The summed E-state index contributed by atoms with van der Waals surface area (Å²) < 4.78 is 39.1. The van der Waals surface area contributed by atoms with Crippen LogP contribution in [0, 0.1) is 27.2 Å². The average Bonchev–Trinajstić information content (AvgIpc) is 2.65. The van der Waals surface area contributed by atoms with E-state index in [0.717, 1.165) is 19.2 Å². The summed E-state index contributed by atoms with van der Waals surface area (Å²) in [7, 11) is 1.14. The van der Waals surface area contributed by atoms with Gasteiger partial charge in [-0.05, 0) is 19.1 Å². The van der Waals surface area contributed by atoms with Crippen molar-refractivity contribution in [2.45, 2.75) is 20.1 Å². The van der Waals surface area contributed by atoms with Crippen molar-refractivity contribution in [3.63, 3.8) is 0 Å². The van der Waals surface area contributed by atoms with Gasteiger partial charge in [-0.2, -0.15) is 8.78 Å². The van der Waals surface area contributed by atoms with Crippen LogP contribution in [-0.2, 0) is 11.3 Å². The van der Waals surface area contributed by atoms with E-state index in [2.05, 4.69) is 4.74 Å². The number of alkyl halides is 2. The van der Waals surface area contributed by atoms with Crippen molar-refractivity contribution in [3.8, 4) is 11.5 Å². The molecule has 10 nitrogen and oxygen atoms in total. The number of ether oxygens (including phenoxy) is 3. The lowest BCUT2D eigenvalue weighted by Crippen LogP contribution is -2.10. The van der Waals surface area contributed by atoms with Gasteiger partial charge in [-0.15, -0.1) is 0 Å². The molecule has 0 amide bonds. The Morgan fingerprint density at radius 2 is 1.76 bits per heavy atom. The molecule has 2 aromatic rings. The fourth-order valence-electron chi connectivity index (χ4n) is 2.49. The third-order valence-electron chi connectivity index (χ3n) is 3.86.